The van der Waals surface area contributed by atoms with Crippen molar-refractivity contribution in [2.24, 2.45) is 0 Å². The summed E-state index contributed by atoms with van der Waals surface area (Å²) in [6.07, 6.45) is 0. The Balaban J connectivity index is 5.32. The molecular formula is C3HF4NO3S. The molecule has 0 aliphatic carbocycles. The van der Waals surface area contributed by atoms with Crippen LogP contribution in [0.4, 0.5) is 17.6 Å². The molecule has 1 N–H and O–H groups in total. The summed E-state index contributed by atoms with van der Waals surface area (Å²) >= 11 is 0. The van der Waals surface area contributed by atoms with Crippen LogP contribution in [0.15, 0.2) is 0 Å². The van der Waals surface area contributed by atoms with Gasteiger partial charge in [-0.05, 0) is 0 Å². The third-order valence-corrected chi connectivity index (χ3v) is 1.73. The highest BCUT2D eigenvalue weighted by molar-refractivity contribution is 7.87. The van der Waals surface area contributed by atoms with Crippen LogP contribution in [0.3, 0.4) is 0 Å². The second-order valence-corrected chi connectivity index (χ2v) is 3.14. The van der Waals surface area contributed by atoms with Gasteiger partial charge in [-0.2, -0.15) is 31.2 Å². The minimum atomic E-state index is -6.28. The highest BCUT2D eigenvalue weighted by atomic mass is 32.2. The number of alkyl halides is 4. The molecule has 0 aliphatic rings. The summed E-state index contributed by atoms with van der Waals surface area (Å²) in [5.74, 6) is -5.44. The first kappa shape index (κ1) is 11.1. The van der Waals surface area contributed by atoms with Crippen molar-refractivity contribution in [3.63, 3.8) is 0 Å². The van der Waals surface area contributed by atoms with E-state index in [0.717, 1.165) is 0 Å². The summed E-state index contributed by atoms with van der Waals surface area (Å²) in [6, 6.07) is -0.234. The normalized spacial score (nSPS) is 14.0. The molecule has 0 aromatic heterocycles. The molecule has 0 saturated heterocycles. The van der Waals surface area contributed by atoms with Crippen LogP contribution in [-0.2, 0) is 10.1 Å². The van der Waals surface area contributed by atoms with Gasteiger partial charge in [0.2, 0.25) is 0 Å². The van der Waals surface area contributed by atoms with Crippen LogP contribution >= 0.6 is 0 Å². The van der Waals surface area contributed by atoms with Crippen molar-refractivity contribution in [3.8, 4) is 6.07 Å². The van der Waals surface area contributed by atoms with E-state index < -0.39 is 21.3 Å². The topological polar surface area (TPSA) is 78.2 Å². The standard InChI is InChI=1S/C3HF4NO3S/c4-2(5,1-8)3(6,7)12(9,10)11/h(H,9,10,11). The van der Waals surface area contributed by atoms with Gasteiger partial charge < -0.3 is 0 Å². The van der Waals surface area contributed by atoms with Crippen LogP contribution in [0.2, 0.25) is 0 Å². The lowest BCUT2D eigenvalue weighted by molar-refractivity contribution is -0.120. The summed E-state index contributed by atoms with van der Waals surface area (Å²) < 4.78 is 74.2. The predicted octanol–water partition coefficient (Wildman–Crippen LogP) is 0.626. The van der Waals surface area contributed by atoms with Gasteiger partial charge in [-0.15, -0.1) is 0 Å². The fraction of sp³-hybridized carbons (Fsp3) is 0.667. The number of hydrogen-bond acceptors (Lipinski definition) is 3. The molecule has 0 rings (SSSR count). The number of rotatable bonds is 2. The van der Waals surface area contributed by atoms with Gasteiger partial charge in [0.15, 0.2) is 0 Å². The molecular weight excluding hydrogens is 206 g/mol. The smallest absolute Gasteiger partial charge is 0.281 e. The Hall–Kier alpha value is -0.880. The highest BCUT2D eigenvalue weighted by Crippen LogP contribution is 2.37. The molecule has 0 fully saturated rings. The summed E-state index contributed by atoms with van der Waals surface area (Å²) in [7, 11) is -6.28. The van der Waals surface area contributed by atoms with E-state index in [1.54, 1.807) is 0 Å². The van der Waals surface area contributed by atoms with E-state index in [9.17, 15) is 26.0 Å². The number of halogens is 4. The molecule has 0 aromatic rings. The van der Waals surface area contributed by atoms with Crippen molar-refractivity contribution in [1.29, 1.82) is 5.26 Å². The highest BCUT2D eigenvalue weighted by Gasteiger charge is 2.66. The molecule has 0 saturated carbocycles. The number of hydrogen-bond donors (Lipinski definition) is 1. The molecule has 0 atom stereocenters. The number of nitrogens with zero attached hydrogens (tertiary/aromatic N) is 1. The van der Waals surface area contributed by atoms with Crippen LogP contribution in [0.1, 0.15) is 0 Å². The lowest BCUT2D eigenvalue weighted by Crippen LogP contribution is -2.45. The molecule has 12 heavy (non-hydrogen) atoms. The fourth-order valence-electron chi connectivity index (χ4n) is 0.227. The second-order valence-electron chi connectivity index (χ2n) is 1.68. The van der Waals surface area contributed by atoms with Crippen molar-refractivity contribution >= 4 is 10.1 Å². The molecule has 0 amide bonds. The van der Waals surface area contributed by atoms with Crippen molar-refractivity contribution in [2.75, 3.05) is 0 Å². The summed E-state index contributed by atoms with van der Waals surface area (Å²) in [4.78, 5) is 0. The van der Waals surface area contributed by atoms with Gasteiger partial charge in [0.25, 0.3) is 0 Å². The monoisotopic (exact) mass is 207 g/mol. The number of nitriles is 1. The second kappa shape index (κ2) is 2.56. The molecule has 0 radical (unpaired) electrons. The Morgan fingerprint density at radius 3 is 1.67 bits per heavy atom. The van der Waals surface area contributed by atoms with Gasteiger partial charge in [0.05, 0.1) is 0 Å². The zero-order valence-corrected chi connectivity index (χ0v) is 5.95. The SMILES string of the molecule is N#CC(F)(F)C(F)(F)S(=O)(=O)O. The molecule has 9 heteroatoms. The Bertz CT molecular complexity index is 315. The largest absolute Gasteiger partial charge is 0.446 e. The van der Waals surface area contributed by atoms with Crippen molar-refractivity contribution < 1.29 is 30.5 Å². The summed E-state index contributed by atoms with van der Waals surface area (Å²) in [6.45, 7) is 0. The van der Waals surface area contributed by atoms with Gasteiger partial charge in [0, 0.05) is 0 Å². The predicted molar refractivity (Wildman–Crippen MR) is 27.1 cm³/mol. The molecule has 0 heterocycles. The van der Waals surface area contributed by atoms with Crippen LogP contribution < -0.4 is 0 Å². The van der Waals surface area contributed by atoms with Gasteiger partial charge in [-0.3, -0.25) is 4.55 Å². The van der Waals surface area contributed by atoms with Crippen LogP contribution in [-0.4, -0.2) is 24.1 Å². The molecule has 0 aromatic carbocycles. The Morgan fingerprint density at radius 2 is 1.58 bits per heavy atom. The maximum atomic E-state index is 11.9. The van der Waals surface area contributed by atoms with E-state index in [4.69, 9.17) is 9.81 Å². The summed E-state index contributed by atoms with van der Waals surface area (Å²) in [5, 5.41) is 1.65. The van der Waals surface area contributed by atoms with Crippen molar-refractivity contribution in [2.45, 2.75) is 11.2 Å². The van der Waals surface area contributed by atoms with E-state index in [1.165, 1.54) is 0 Å². The van der Waals surface area contributed by atoms with Crippen molar-refractivity contribution in [3.05, 3.63) is 0 Å². The molecule has 70 valence electrons. The van der Waals surface area contributed by atoms with E-state index in [-0.39, 0.29) is 6.07 Å². The molecule has 4 nitrogen and oxygen atoms in total. The first-order chi connectivity index (χ1) is 5.06. The van der Waals surface area contributed by atoms with Crippen LogP contribution in [0, 0.1) is 11.3 Å². The van der Waals surface area contributed by atoms with E-state index >= 15 is 0 Å². The van der Waals surface area contributed by atoms with E-state index in [2.05, 4.69) is 0 Å². The lowest BCUT2D eigenvalue weighted by atomic mass is 10.4. The zero-order chi connectivity index (χ0) is 10.2. The Kier molecular flexibility index (Phi) is 2.38. The third-order valence-electron chi connectivity index (χ3n) is 0.830. The molecule has 0 aliphatic heterocycles. The van der Waals surface area contributed by atoms with E-state index in [1.807, 2.05) is 0 Å². The maximum Gasteiger partial charge on any atom is 0.446 e. The first-order valence-corrected chi connectivity index (χ1v) is 3.64. The van der Waals surface area contributed by atoms with Crippen LogP contribution in [0.5, 0.6) is 0 Å². The minimum absolute atomic E-state index is 0.234. The minimum Gasteiger partial charge on any atom is -0.281 e. The van der Waals surface area contributed by atoms with Crippen molar-refractivity contribution in [1.82, 2.24) is 0 Å². The lowest BCUT2D eigenvalue weighted by Gasteiger charge is -2.16. The average Bonchev–Trinajstić information content (AvgIpc) is 1.85. The van der Waals surface area contributed by atoms with Gasteiger partial charge in [0.1, 0.15) is 6.07 Å². The quantitative estimate of drug-likeness (QED) is 0.532. The van der Waals surface area contributed by atoms with Gasteiger partial charge in [-0.25, -0.2) is 0 Å². The first-order valence-electron chi connectivity index (χ1n) is 2.20. The van der Waals surface area contributed by atoms with Crippen LogP contribution in [0.25, 0.3) is 0 Å². The summed E-state index contributed by atoms with van der Waals surface area (Å²) in [5.41, 5.74) is 0. The third kappa shape index (κ3) is 1.49. The molecule has 0 spiro atoms. The van der Waals surface area contributed by atoms with Gasteiger partial charge >= 0.3 is 21.3 Å². The Morgan fingerprint density at radius 1 is 1.25 bits per heavy atom. The fourth-order valence-corrected chi connectivity index (χ4v) is 0.597. The Labute approximate surface area is 64.2 Å². The molecule has 0 bridgehead atoms. The van der Waals surface area contributed by atoms with E-state index in [0.29, 0.717) is 0 Å². The maximum absolute atomic E-state index is 11.9. The average molecular weight is 207 g/mol. The zero-order valence-electron chi connectivity index (χ0n) is 5.13. The van der Waals surface area contributed by atoms with Gasteiger partial charge in [-0.1, -0.05) is 0 Å². The molecule has 0 unspecified atom stereocenters.